The topological polar surface area (TPSA) is 58.5 Å². The average molecular weight is 283 g/mol. The normalized spacial score (nSPS) is 12.9. The van der Waals surface area contributed by atoms with Crippen LogP contribution in [-0.2, 0) is 13.1 Å². The molecular weight excluding hydrogens is 262 g/mol. The highest BCUT2D eigenvalue weighted by Crippen LogP contribution is 2.15. The van der Waals surface area contributed by atoms with Crippen molar-refractivity contribution in [3.8, 4) is 0 Å². The van der Waals surface area contributed by atoms with E-state index in [1.165, 1.54) is 0 Å². The molecule has 110 valence electrons. The molecule has 0 spiro atoms. The van der Waals surface area contributed by atoms with Crippen molar-refractivity contribution in [3.05, 3.63) is 48.3 Å². The maximum atomic E-state index is 4.63. The summed E-state index contributed by atoms with van der Waals surface area (Å²) in [5, 5.41) is 3.48. The van der Waals surface area contributed by atoms with Gasteiger partial charge in [0.05, 0.1) is 23.6 Å². The second-order valence-electron chi connectivity index (χ2n) is 5.28. The van der Waals surface area contributed by atoms with Gasteiger partial charge in [0.15, 0.2) is 0 Å². The Labute approximate surface area is 124 Å². The summed E-state index contributed by atoms with van der Waals surface area (Å²) in [6.07, 6.45) is 5.01. The van der Waals surface area contributed by atoms with Crippen LogP contribution in [0.2, 0.25) is 0 Å². The molecule has 5 nitrogen and oxygen atoms in total. The van der Waals surface area contributed by atoms with E-state index in [1.807, 2.05) is 36.7 Å². The first-order valence-corrected chi connectivity index (χ1v) is 7.46. The van der Waals surface area contributed by atoms with Crippen molar-refractivity contribution in [1.29, 1.82) is 0 Å². The summed E-state index contributed by atoms with van der Waals surface area (Å²) in [7, 11) is 0. The van der Waals surface area contributed by atoms with Gasteiger partial charge in [0.2, 0.25) is 0 Å². The summed E-state index contributed by atoms with van der Waals surface area (Å²) in [6.45, 7) is 6.04. The van der Waals surface area contributed by atoms with E-state index in [1.54, 1.807) is 0 Å². The number of imidazole rings is 2. The van der Waals surface area contributed by atoms with Crippen LogP contribution in [0.25, 0.3) is 11.0 Å². The number of fused-ring (bicyclic) bond motifs is 1. The van der Waals surface area contributed by atoms with Crippen LogP contribution in [0.3, 0.4) is 0 Å². The molecule has 0 fully saturated rings. The molecule has 0 aliphatic heterocycles. The molecule has 0 aliphatic carbocycles. The molecule has 3 aromatic rings. The van der Waals surface area contributed by atoms with Gasteiger partial charge in [-0.3, -0.25) is 0 Å². The lowest BCUT2D eigenvalue weighted by Crippen LogP contribution is -2.21. The molecular formula is C16H21N5. The number of nitrogens with one attached hydrogen (secondary N) is 2. The van der Waals surface area contributed by atoms with Crippen LogP contribution in [0, 0.1) is 0 Å². The van der Waals surface area contributed by atoms with Crippen LogP contribution < -0.4 is 5.32 Å². The van der Waals surface area contributed by atoms with Crippen molar-refractivity contribution in [2.75, 3.05) is 0 Å². The van der Waals surface area contributed by atoms with E-state index in [0.717, 1.165) is 42.2 Å². The molecule has 0 bridgehead atoms. The summed E-state index contributed by atoms with van der Waals surface area (Å²) < 4.78 is 2.19. The fourth-order valence-electron chi connectivity index (χ4n) is 2.47. The lowest BCUT2D eigenvalue weighted by Gasteiger charge is -2.12. The van der Waals surface area contributed by atoms with Crippen LogP contribution in [0.15, 0.2) is 36.7 Å². The zero-order valence-electron chi connectivity index (χ0n) is 12.5. The second kappa shape index (κ2) is 6.10. The van der Waals surface area contributed by atoms with Crippen LogP contribution >= 0.6 is 0 Å². The number of aryl methyl sites for hydroxylation is 1. The molecule has 1 unspecified atom stereocenters. The number of H-pyrrole nitrogens is 1. The highest BCUT2D eigenvalue weighted by Gasteiger charge is 2.11. The van der Waals surface area contributed by atoms with Gasteiger partial charge < -0.3 is 14.9 Å². The van der Waals surface area contributed by atoms with E-state index in [4.69, 9.17) is 0 Å². The molecule has 1 aromatic carbocycles. The third kappa shape index (κ3) is 2.97. The quantitative estimate of drug-likeness (QED) is 0.731. The van der Waals surface area contributed by atoms with Gasteiger partial charge in [-0.2, -0.15) is 0 Å². The lowest BCUT2D eigenvalue weighted by molar-refractivity contribution is 0.517. The fraction of sp³-hybridized carbons (Fsp3) is 0.375. The summed E-state index contributed by atoms with van der Waals surface area (Å²) in [4.78, 5) is 12.4. The van der Waals surface area contributed by atoms with E-state index in [-0.39, 0.29) is 6.04 Å². The molecule has 2 aromatic heterocycles. The van der Waals surface area contributed by atoms with Gasteiger partial charge in [-0.05, 0) is 25.5 Å². The van der Waals surface area contributed by atoms with Crippen LogP contribution in [0.1, 0.15) is 38.0 Å². The number of para-hydroxylation sites is 2. The van der Waals surface area contributed by atoms with E-state index in [2.05, 4.69) is 38.7 Å². The molecule has 0 saturated carbocycles. The zero-order chi connectivity index (χ0) is 14.7. The number of nitrogens with zero attached hydrogens (tertiary/aromatic N) is 3. The minimum atomic E-state index is 0.157. The highest BCUT2D eigenvalue weighted by molar-refractivity contribution is 5.74. The third-order valence-corrected chi connectivity index (χ3v) is 3.65. The van der Waals surface area contributed by atoms with Crippen molar-refractivity contribution >= 4 is 11.0 Å². The van der Waals surface area contributed by atoms with Gasteiger partial charge in [0, 0.05) is 18.9 Å². The zero-order valence-corrected chi connectivity index (χ0v) is 12.5. The van der Waals surface area contributed by atoms with Crippen molar-refractivity contribution in [2.45, 2.75) is 39.4 Å². The SMILES string of the molecule is CCCn1ccnc1CNC(C)c1nc2ccccc2[nH]1. The molecule has 0 amide bonds. The van der Waals surface area contributed by atoms with Crippen LogP contribution in [-0.4, -0.2) is 19.5 Å². The number of rotatable bonds is 6. The Bertz CT molecular complexity index is 679. The molecule has 5 heteroatoms. The summed E-state index contributed by atoms with van der Waals surface area (Å²) in [5.74, 6) is 2.03. The summed E-state index contributed by atoms with van der Waals surface area (Å²) in [6, 6.07) is 8.25. The number of aromatic amines is 1. The van der Waals surface area contributed by atoms with Gasteiger partial charge in [0.25, 0.3) is 0 Å². The minimum Gasteiger partial charge on any atom is -0.341 e. The van der Waals surface area contributed by atoms with E-state index >= 15 is 0 Å². The van der Waals surface area contributed by atoms with Crippen molar-refractivity contribution in [3.63, 3.8) is 0 Å². The number of aromatic nitrogens is 4. The van der Waals surface area contributed by atoms with E-state index in [9.17, 15) is 0 Å². The summed E-state index contributed by atoms with van der Waals surface area (Å²) in [5.41, 5.74) is 2.09. The Hall–Kier alpha value is -2.14. The molecule has 2 heterocycles. The van der Waals surface area contributed by atoms with Gasteiger partial charge in [-0.15, -0.1) is 0 Å². The standard InChI is InChI=1S/C16H21N5/c1-3-9-21-10-8-17-15(21)11-18-12(2)16-19-13-6-4-5-7-14(13)20-16/h4-8,10,12,18H,3,9,11H2,1-2H3,(H,19,20). The lowest BCUT2D eigenvalue weighted by atomic mass is 10.3. The number of benzene rings is 1. The molecule has 0 aliphatic rings. The van der Waals surface area contributed by atoms with Gasteiger partial charge in [-0.1, -0.05) is 19.1 Å². The Morgan fingerprint density at radius 3 is 3.00 bits per heavy atom. The Kier molecular flexibility index (Phi) is 4.01. The van der Waals surface area contributed by atoms with Gasteiger partial charge in [0.1, 0.15) is 11.6 Å². The predicted molar refractivity (Wildman–Crippen MR) is 83.9 cm³/mol. The maximum absolute atomic E-state index is 4.63. The van der Waals surface area contributed by atoms with Gasteiger partial charge >= 0.3 is 0 Å². The van der Waals surface area contributed by atoms with Crippen LogP contribution in [0.5, 0.6) is 0 Å². The van der Waals surface area contributed by atoms with Crippen LogP contribution in [0.4, 0.5) is 0 Å². The maximum Gasteiger partial charge on any atom is 0.124 e. The first-order chi connectivity index (χ1) is 10.3. The van der Waals surface area contributed by atoms with E-state index < -0.39 is 0 Å². The van der Waals surface area contributed by atoms with Crippen molar-refractivity contribution < 1.29 is 0 Å². The van der Waals surface area contributed by atoms with E-state index in [0.29, 0.717) is 0 Å². The Morgan fingerprint density at radius 1 is 1.33 bits per heavy atom. The van der Waals surface area contributed by atoms with Crippen molar-refractivity contribution in [2.24, 2.45) is 0 Å². The highest BCUT2D eigenvalue weighted by atomic mass is 15.1. The number of hydrogen-bond donors (Lipinski definition) is 2. The Morgan fingerprint density at radius 2 is 2.19 bits per heavy atom. The smallest absolute Gasteiger partial charge is 0.124 e. The Balaban J connectivity index is 1.68. The molecule has 1 atom stereocenters. The predicted octanol–water partition coefficient (Wildman–Crippen LogP) is 3.02. The first kappa shape index (κ1) is 13.8. The van der Waals surface area contributed by atoms with Crippen molar-refractivity contribution in [1.82, 2.24) is 24.8 Å². The second-order valence-corrected chi connectivity index (χ2v) is 5.28. The minimum absolute atomic E-state index is 0.157. The third-order valence-electron chi connectivity index (χ3n) is 3.65. The monoisotopic (exact) mass is 283 g/mol. The molecule has 2 N–H and O–H groups in total. The molecule has 0 saturated heterocycles. The number of hydrogen-bond acceptors (Lipinski definition) is 3. The average Bonchev–Trinajstić information content (AvgIpc) is 3.11. The fourth-order valence-corrected chi connectivity index (χ4v) is 2.47. The first-order valence-electron chi connectivity index (χ1n) is 7.46. The molecule has 3 rings (SSSR count). The molecule has 0 radical (unpaired) electrons. The van der Waals surface area contributed by atoms with Gasteiger partial charge in [-0.25, -0.2) is 9.97 Å². The summed E-state index contributed by atoms with van der Waals surface area (Å²) >= 11 is 0. The largest absolute Gasteiger partial charge is 0.341 e. The molecule has 21 heavy (non-hydrogen) atoms.